The number of ether oxygens (including phenoxy) is 3. The van der Waals surface area contributed by atoms with Crippen LogP contribution in [0.2, 0.25) is 10.0 Å². The molecule has 1 aliphatic heterocycles. The molecule has 40 heavy (non-hydrogen) atoms. The van der Waals surface area contributed by atoms with Gasteiger partial charge >= 0.3 is 5.97 Å². The van der Waals surface area contributed by atoms with Crippen LogP contribution >= 0.6 is 34.5 Å². The monoisotopic (exact) mass is 594 g/mol. The lowest BCUT2D eigenvalue weighted by molar-refractivity contribution is -0.138. The molecule has 0 N–H and O–H groups in total. The van der Waals surface area contributed by atoms with Crippen molar-refractivity contribution in [2.24, 2.45) is 4.99 Å². The molecule has 7 nitrogen and oxygen atoms in total. The Morgan fingerprint density at radius 1 is 1.05 bits per heavy atom. The molecule has 1 aliphatic rings. The first-order valence-electron chi connectivity index (χ1n) is 12.3. The lowest BCUT2D eigenvalue weighted by Gasteiger charge is -2.25. The minimum atomic E-state index is -0.793. The summed E-state index contributed by atoms with van der Waals surface area (Å²) in [6.45, 7) is 1.91. The van der Waals surface area contributed by atoms with E-state index in [2.05, 4.69) is 0 Å². The number of halogens is 2. The summed E-state index contributed by atoms with van der Waals surface area (Å²) in [5, 5.41) is 0.877. The molecule has 0 bridgehead atoms. The predicted octanol–water partition coefficient (Wildman–Crippen LogP) is 5.26. The quantitative estimate of drug-likeness (QED) is 0.273. The van der Waals surface area contributed by atoms with E-state index in [-0.39, 0.29) is 17.7 Å². The van der Waals surface area contributed by atoms with Crippen molar-refractivity contribution in [3.8, 4) is 11.5 Å². The van der Waals surface area contributed by atoms with Crippen LogP contribution in [0.4, 0.5) is 0 Å². The molecular weight excluding hydrogens is 571 g/mol. The maximum Gasteiger partial charge on any atom is 0.338 e. The summed E-state index contributed by atoms with van der Waals surface area (Å²) in [5.74, 6) is 0.284. The van der Waals surface area contributed by atoms with Crippen molar-refractivity contribution >= 4 is 52.3 Å². The first kappa shape index (κ1) is 27.7. The molecule has 0 saturated heterocycles. The Hall–Kier alpha value is -3.85. The summed E-state index contributed by atoms with van der Waals surface area (Å²) in [4.78, 5) is 32.8. The normalized spacial score (nSPS) is 14.9. The van der Waals surface area contributed by atoms with Crippen LogP contribution in [-0.2, 0) is 9.53 Å². The third-order valence-corrected chi connectivity index (χ3v) is 7.83. The average molecular weight is 596 g/mol. The van der Waals surface area contributed by atoms with Gasteiger partial charge in [-0.25, -0.2) is 9.79 Å². The summed E-state index contributed by atoms with van der Waals surface area (Å²) in [6, 6.07) is 19.0. The van der Waals surface area contributed by atoms with Crippen molar-refractivity contribution in [1.29, 1.82) is 0 Å². The molecule has 0 radical (unpaired) electrons. The second kappa shape index (κ2) is 11.7. The van der Waals surface area contributed by atoms with E-state index in [1.54, 1.807) is 49.4 Å². The highest BCUT2D eigenvalue weighted by molar-refractivity contribution is 7.07. The maximum absolute atomic E-state index is 14.0. The summed E-state index contributed by atoms with van der Waals surface area (Å²) < 4.78 is 18.2. The van der Waals surface area contributed by atoms with Crippen LogP contribution in [0.25, 0.3) is 11.8 Å². The maximum atomic E-state index is 14.0. The van der Waals surface area contributed by atoms with Gasteiger partial charge < -0.3 is 14.2 Å². The molecule has 1 aromatic heterocycles. The molecule has 10 heteroatoms. The largest absolute Gasteiger partial charge is 0.493 e. The average Bonchev–Trinajstić information content (AvgIpc) is 3.27. The summed E-state index contributed by atoms with van der Waals surface area (Å²) in [7, 11) is 3.02. The third kappa shape index (κ3) is 5.18. The third-order valence-electron chi connectivity index (χ3n) is 6.31. The molecule has 5 rings (SSSR count). The Labute approximate surface area is 244 Å². The Morgan fingerprint density at radius 2 is 1.77 bits per heavy atom. The smallest absolute Gasteiger partial charge is 0.338 e. The number of esters is 1. The van der Waals surface area contributed by atoms with Gasteiger partial charge in [-0.15, -0.1) is 0 Å². The highest BCUT2D eigenvalue weighted by atomic mass is 35.5. The van der Waals surface area contributed by atoms with Crippen LogP contribution < -0.4 is 24.4 Å². The van der Waals surface area contributed by atoms with Gasteiger partial charge in [0.25, 0.3) is 5.56 Å². The van der Waals surface area contributed by atoms with Crippen LogP contribution in [0.5, 0.6) is 11.5 Å². The zero-order valence-electron chi connectivity index (χ0n) is 21.8. The highest BCUT2D eigenvalue weighted by Crippen LogP contribution is 2.37. The minimum Gasteiger partial charge on any atom is -0.493 e. The van der Waals surface area contributed by atoms with Gasteiger partial charge in [0.15, 0.2) is 16.3 Å². The lowest BCUT2D eigenvalue weighted by Crippen LogP contribution is -2.40. The van der Waals surface area contributed by atoms with Crippen LogP contribution in [0, 0.1) is 0 Å². The molecule has 0 aliphatic carbocycles. The van der Waals surface area contributed by atoms with Gasteiger partial charge in [-0.2, -0.15) is 0 Å². The molecule has 0 unspecified atom stereocenters. The second-order valence-corrected chi connectivity index (χ2v) is 10.6. The van der Waals surface area contributed by atoms with Crippen LogP contribution in [0.3, 0.4) is 0 Å². The first-order valence-corrected chi connectivity index (χ1v) is 13.9. The molecule has 204 valence electrons. The molecular formula is C30H24Cl2N2O5S. The second-order valence-electron chi connectivity index (χ2n) is 8.72. The number of hydrogen-bond donors (Lipinski definition) is 0. The van der Waals surface area contributed by atoms with Crippen molar-refractivity contribution < 1.29 is 19.0 Å². The molecule has 4 aromatic rings. The topological polar surface area (TPSA) is 79.1 Å². The lowest BCUT2D eigenvalue weighted by atomic mass is 9.93. The highest BCUT2D eigenvalue weighted by Gasteiger charge is 2.35. The van der Waals surface area contributed by atoms with Gasteiger partial charge in [0.1, 0.15) is 0 Å². The molecule has 0 fully saturated rings. The number of carbonyl (C=O) groups excluding carboxylic acids is 1. The molecule has 3 aromatic carbocycles. The Bertz CT molecular complexity index is 1790. The number of nitrogens with zero attached hydrogens (tertiary/aromatic N) is 2. The fourth-order valence-corrected chi connectivity index (χ4v) is 6.00. The van der Waals surface area contributed by atoms with E-state index in [9.17, 15) is 9.59 Å². The minimum absolute atomic E-state index is 0.169. The van der Waals surface area contributed by atoms with E-state index < -0.39 is 12.0 Å². The zero-order valence-corrected chi connectivity index (χ0v) is 24.1. The molecule has 2 heterocycles. The number of thiazole rings is 1. The Kier molecular flexibility index (Phi) is 8.12. The van der Waals surface area contributed by atoms with Gasteiger partial charge in [0.2, 0.25) is 0 Å². The van der Waals surface area contributed by atoms with Gasteiger partial charge in [0.05, 0.1) is 47.7 Å². The number of rotatable bonds is 7. The van der Waals surface area contributed by atoms with Gasteiger partial charge in [0, 0.05) is 10.6 Å². The summed E-state index contributed by atoms with van der Waals surface area (Å²) in [6.07, 6.45) is 1.72. The fourth-order valence-electron chi connectivity index (χ4n) is 4.57. The van der Waals surface area contributed by atoms with E-state index in [1.807, 2.05) is 30.3 Å². The van der Waals surface area contributed by atoms with Crippen LogP contribution in [0.1, 0.15) is 29.7 Å². The summed E-state index contributed by atoms with van der Waals surface area (Å²) >= 11 is 13.8. The number of aromatic nitrogens is 1. The number of fused-ring (bicyclic) bond motifs is 1. The SMILES string of the molecule is CCOC(=O)C1=C(c2ccccc2)N=c2s/c(=C\c3cc(Cl)c(OC)c(OC)c3)c(=O)n2[C@@H]1c1ccc(Cl)cc1. The van der Waals surface area contributed by atoms with Gasteiger partial charge in [-0.05, 0) is 48.4 Å². The fraction of sp³-hybridized carbons (Fsp3) is 0.167. The number of carbonyl (C=O) groups is 1. The van der Waals surface area contributed by atoms with E-state index in [4.69, 9.17) is 42.4 Å². The van der Waals surface area contributed by atoms with Crippen molar-refractivity contribution in [1.82, 2.24) is 4.57 Å². The van der Waals surface area contributed by atoms with Crippen LogP contribution in [-0.4, -0.2) is 31.4 Å². The van der Waals surface area contributed by atoms with E-state index in [0.29, 0.717) is 47.7 Å². The van der Waals surface area contributed by atoms with Crippen molar-refractivity contribution in [2.75, 3.05) is 20.8 Å². The van der Waals surface area contributed by atoms with E-state index >= 15 is 0 Å². The molecule has 0 amide bonds. The Morgan fingerprint density at radius 3 is 2.42 bits per heavy atom. The van der Waals surface area contributed by atoms with Crippen molar-refractivity contribution in [2.45, 2.75) is 13.0 Å². The number of methoxy groups -OCH3 is 2. The van der Waals surface area contributed by atoms with Crippen molar-refractivity contribution in [3.05, 3.63) is 119 Å². The van der Waals surface area contributed by atoms with E-state index in [0.717, 1.165) is 5.56 Å². The van der Waals surface area contributed by atoms with Crippen LogP contribution in [0.15, 0.2) is 82.1 Å². The van der Waals surface area contributed by atoms with Crippen molar-refractivity contribution in [3.63, 3.8) is 0 Å². The van der Waals surface area contributed by atoms with Gasteiger partial charge in [-0.3, -0.25) is 9.36 Å². The number of benzene rings is 3. The zero-order chi connectivity index (χ0) is 28.4. The molecule has 0 saturated carbocycles. The first-order chi connectivity index (χ1) is 19.4. The molecule has 0 spiro atoms. The Balaban J connectivity index is 1.81. The van der Waals surface area contributed by atoms with E-state index in [1.165, 1.54) is 30.1 Å². The standard InChI is InChI=1S/C30H24Cl2N2O5S/c1-4-39-29(36)24-25(18-8-6-5-7-9-18)33-30-34(26(24)19-10-12-20(31)13-11-19)28(35)23(40-30)16-17-14-21(32)27(38-3)22(15-17)37-2/h5-16,26H,4H2,1-3H3/b23-16-/t26-/m1/s1. The molecule has 1 atom stereocenters. The number of hydrogen-bond acceptors (Lipinski definition) is 7. The summed E-state index contributed by atoms with van der Waals surface area (Å²) in [5.41, 5.74) is 2.46. The predicted molar refractivity (Wildman–Crippen MR) is 157 cm³/mol. The van der Waals surface area contributed by atoms with Gasteiger partial charge in [-0.1, -0.05) is 77.0 Å².